The number of hydrogen-bond donors (Lipinski definition) is 0. The average Bonchev–Trinajstić information content (AvgIpc) is 3.35. The van der Waals surface area contributed by atoms with Gasteiger partial charge in [0.2, 0.25) is 0 Å². The van der Waals surface area contributed by atoms with E-state index in [-0.39, 0.29) is 25.4 Å². The largest absolute Gasteiger partial charge is 0.374 e. The van der Waals surface area contributed by atoms with Gasteiger partial charge in [-0.2, -0.15) is 0 Å². The second-order valence-corrected chi connectivity index (χ2v) is 16.0. The summed E-state index contributed by atoms with van der Waals surface area (Å²) in [5.74, 6) is 0. The SMILES string of the molecule is c1ccc(COC[C@H]2O[C@@H](OC[C@H]3O[C@H](OCc4ccccc4)C[C@@H](OCc4ccccc4)[C@@H]3OCc3ccccc3)C[C@@H](OCc3ccccc3)[C@H]2OCc2ccccc2)cc1. The van der Waals surface area contributed by atoms with Crippen molar-refractivity contribution < 1.29 is 42.6 Å². The third kappa shape index (κ3) is 14.0. The van der Waals surface area contributed by atoms with Gasteiger partial charge in [-0.05, 0) is 33.4 Å². The summed E-state index contributed by atoms with van der Waals surface area (Å²) in [5.41, 5.74) is 6.38. The smallest absolute Gasteiger partial charge is 0.161 e. The van der Waals surface area contributed by atoms with Crippen molar-refractivity contribution >= 4 is 0 Å². The lowest BCUT2D eigenvalue weighted by molar-refractivity contribution is -0.309. The van der Waals surface area contributed by atoms with E-state index in [1.54, 1.807) is 0 Å². The quantitative estimate of drug-likeness (QED) is 0.0663. The number of benzene rings is 6. The maximum absolute atomic E-state index is 6.82. The molecule has 0 N–H and O–H groups in total. The van der Waals surface area contributed by atoms with E-state index >= 15 is 0 Å². The zero-order valence-corrected chi connectivity index (χ0v) is 35.7. The molecule has 8 rings (SSSR count). The lowest BCUT2D eigenvalue weighted by Crippen LogP contribution is -2.55. The predicted molar refractivity (Wildman–Crippen MR) is 240 cm³/mol. The van der Waals surface area contributed by atoms with Gasteiger partial charge >= 0.3 is 0 Å². The Kier molecular flexibility index (Phi) is 17.1. The average molecular weight is 851 g/mol. The van der Waals surface area contributed by atoms with Crippen LogP contribution in [0.2, 0.25) is 0 Å². The molecule has 63 heavy (non-hydrogen) atoms. The van der Waals surface area contributed by atoms with Crippen molar-refractivity contribution in [2.45, 2.75) is 102 Å². The highest BCUT2D eigenvalue weighted by Crippen LogP contribution is 2.32. The van der Waals surface area contributed by atoms with Crippen LogP contribution in [-0.2, 0) is 82.3 Å². The maximum atomic E-state index is 6.82. The monoisotopic (exact) mass is 850 g/mol. The fraction of sp³-hybridized carbons (Fsp3) is 0.333. The second-order valence-electron chi connectivity index (χ2n) is 16.0. The lowest BCUT2D eigenvalue weighted by Gasteiger charge is -2.43. The van der Waals surface area contributed by atoms with E-state index in [0.717, 1.165) is 33.4 Å². The fourth-order valence-corrected chi connectivity index (χ4v) is 7.94. The van der Waals surface area contributed by atoms with Gasteiger partial charge in [-0.1, -0.05) is 182 Å². The molecule has 2 saturated heterocycles. The molecule has 9 nitrogen and oxygen atoms in total. The van der Waals surface area contributed by atoms with Crippen molar-refractivity contribution in [3.63, 3.8) is 0 Å². The van der Waals surface area contributed by atoms with Crippen LogP contribution in [0.15, 0.2) is 182 Å². The second kappa shape index (κ2) is 24.1. The van der Waals surface area contributed by atoms with E-state index in [1.807, 2.05) is 121 Å². The first-order valence-electron chi connectivity index (χ1n) is 22.0. The molecule has 9 heteroatoms. The standard InChI is InChI=1S/C54H58O9/c1-7-19-41(20-8-1)33-55-39-49-53(60-37-45-27-15-5-16-28-45)47(56-34-42-21-9-2-10-22-42)32-52(62-49)59-40-50-54(61-38-46-29-17-6-18-30-46)48(57-35-43-23-11-3-12-24-43)31-51(63-50)58-36-44-25-13-4-14-26-44/h1-30,47-54H,31-40H2/t47-,48-,49-,50-,51+,52-,53-,54+/m1/s1. The summed E-state index contributed by atoms with van der Waals surface area (Å²) in [4.78, 5) is 0. The Bertz CT molecular complexity index is 2130. The van der Waals surface area contributed by atoms with Gasteiger partial charge in [-0.25, -0.2) is 0 Å². The predicted octanol–water partition coefficient (Wildman–Crippen LogP) is 10.0. The molecule has 2 heterocycles. The van der Waals surface area contributed by atoms with Crippen LogP contribution in [0.1, 0.15) is 46.2 Å². The minimum Gasteiger partial charge on any atom is -0.374 e. The molecular weight excluding hydrogens is 793 g/mol. The Morgan fingerprint density at radius 3 is 1.00 bits per heavy atom. The molecular formula is C54H58O9. The van der Waals surface area contributed by atoms with Gasteiger partial charge in [-0.3, -0.25) is 0 Å². The molecule has 328 valence electrons. The van der Waals surface area contributed by atoms with Gasteiger partial charge < -0.3 is 42.6 Å². The molecule has 0 radical (unpaired) electrons. The zero-order chi connectivity index (χ0) is 42.7. The highest BCUT2D eigenvalue weighted by Gasteiger charge is 2.44. The van der Waals surface area contributed by atoms with Crippen molar-refractivity contribution in [3.05, 3.63) is 215 Å². The maximum Gasteiger partial charge on any atom is 0.161 e. The third-order valence-corrected chi connectivity index (χ3v) is 11.3. The van der Waals surface area contributed by atoms with Crippen LogP contribution < -0.4 is 0 Å². The normalized spacial score (nSPS) is 23.6. The summed E-state index contributed by atoms with van der Waals surface area (Å²) >= 11 is 0. The first kappa shape index (κ1) is 44.6. The topological polar surface area (TPSA) is 83.1 Å². The van der Waals surface area contributed by atoms with Crippen molar-refractivity contribution in [2.75, 3.05) is 13.2 Å². The molecule has 0 aliphatic carbocycles. The van der Waals surface area contributed by atoms with Crippen molar-refractivity contribution in [2.24, 2.45) is 0 Å². The first-order valence-corrected chi connectivity index (χ1v) is 22.0. The van der Waals surface area contributed by atoms with Crippen molar-refractivity contribution in [3.8, 4) is 0 Å². The molecule has 6 aromatic rings. The Labute approximate surface area is 371 Å². The van der Waals surface area contributed by atoms with E-state index < -0.39 is 37.0 Å². The van der Waals surface area contributed by atoms with Crippen molar-refractivity contribution in [1.82, 2.24) is 0 Å². The summed E-state index contributed by atoms with van der Waals surface area (Å²) in [6, 6.07) is 60.9. The summed E-state index contributed by atoms with van der Waals surface area (Å²) in [6.45, 7) is 2.83. The van der Waals surface area contributed by atoms with Gasteiger partial charge in [-0.15, -0.1) is 0 Å². The highest BCUT2D eigenvalue weighted by molar-refractivity contribution is 5.17. The highest BCUT2D eigenvalue weighted by atomic mass is 16.7. The van der Waals surface area contributed by atoms with Crippen LogP contribution in [0.3, 0.4) is 0 Å². The summed E-state index contributed by atoms with van der Waals surface area (Å²) in [6.07, 6.45) is -3.05. The van der Waals surface area contributed by atoms with Crippen LogP contribution >= 0.6 is 0 Å². The Balaban J connectivity index is 1.03. The number of hydrogen-bond acceptors (Lipinski definition) is 9. The summed E-state index contributed by atoms with van der Waals surface area (Å²) in [5, 5.41) is 0. The molecule has 0 bridgehead atoms. The van der Waals surface area contributed by atoms with Crippen LogP contribution in [0, 0.1) is 0 Å². The van der Waals surface area contributed by atoms with Gasteiger partial charge in [0.15, 0.2) is 12.6 Å². The molecule has 6 aromatic carbocycles. The van der Waals surface area contributed by atoms with E-state index in [4.69, 9.17) is 42.6 Å². The van der Waals surface area contributed by atoms with Crippen LogP contribution in [0.25, 0.3) is 0 Å². The van der Waals surface area contributed by atoms with E-state index in [2.05, 4.69) is 60.7 Å². The molecule has 2 aliphatic heterocycles. The van der Waals surface area contributed by atoms with E-state index in [0.29, 0.717) is 52.5 Å². The minimum absolute atomic E-state index is 0.152. The Morgan fingerprint density at radius 2 is 0.619 bits per heavy atom. The van der Waals surface area contributed by atoms with Gasteiger partial charge in [0.25, 0.3) is 0 Å². The minimum atomic E-state index is -0.666. The van der Waals surface area contributed by atoms with Gasteiger partial charge in [0.05, 0.1) is 65.1 Å². The van der Waals surface area contributed by atoms with Gasteiger partial charge in [0.1, 0.15) is 24.4 Å². The fourth-order valence-electron chi connectivity index (χ4n) is 7.94. The molecule has 0 aromatic heterocycles. The number of rotatable bonds is 22. The first-order chi connectivity index (χ1) is 31.2. The van der Waals surface area contributed by atoms with E-state index in [9.17, 15) is 0 Å². The summed E-state index contributed by atoms with van der Waals surface area (Å²) in [7, 11) is 0. The Morgan fingerprint density at radius 1 is 0.317 bits per heavy atom. The molecule has 2 aliphatic rings. The van der Waals surface area contributed by atoms with Crippen LogP contribution in [0.4, 0.5) is 0 Å². The molecule has 0 saturated carbocycles. The van der Waals surface area contributed by atoms with Crippen LogP contribution in [0.5, 0.6) is 0 Å². The van der Waals surface area contributed by atoms with Crippen LogP contribution in [-0.4, -0.2) is 62.4 Å². The third-order valence-electron chi connectivity index (χ3n) is 11.3. The molecule has 0 unspecified atom stereocenters. The van der Waals surface area contributed by atoms with Crippen molar-refractivity contribution in [1.29, 1.82) is 0 Å². The summed E-state index contributed by atoms with van der Waals surface area (Å²) < 4.78 is 60.1. The van der Waals surface area contributed by atoms with Gasteiger partial charge in [0, 0.05) is 12.8 Å². The molecule has 0 spiro atoms. The Hall–Kier alpha value is -5.04. The molecule has 0 amide bonds. The number of ether oxygens (including phenoxy) is 9. The zero-order valence-electron chi connectivity index (χ0n) is 35.7. The lowest BCUT2D eigenvalue weighted by atomic mass is 9.99. The molecule has 2 fully saturated rings. The molecule has 8 atom stereocenters. The van der Waals surface area contributed by atoms with E-state index in [1.165, 1.54) is 0 Å².